The van der Waals surface area contributed by atoms with Crippen molar-refractivity contribution in [1.82, 2.24) is 4.98 Å². The summed E-state index contributed by atoms with van der Waals surface area (Å²) < 4.78 is 23.2. The Labute approximate surface area is 87.1 Å². The molecule has 0 bridgehead atoms. The molecular weight excluding hydrogens is 220 g/mol. The summed E-state index contributed by atoms with van der Waals surface area (Å²) in [6.07, 6.45) is 3.14. The van der Waals surface area contributed by atoms with E-state index in [2.05, 4.69) is 4.98 Å². The molecule has 0 aliphatic carbocycles. The largest absolute Gasteiger partial charge is 0.326 e. The highest BCUT2D eigenvalue weighted by molar-refractivity contribution is 7.92. The first-order chi connectivity index (χ1) is 6.63. The summed E-state index contributed by atoms with van der Waals surface area (Å²) in [5, 5.41) is 0.343. The molecule has 1 aromatic rings. The van der Waals surface area contributed by atoms with E-state index >= 15 is 0 Å². The maximum atomic E-state index is 11.6. The summed E-state index contributed by atoms with van der Waals surface area (Å²) in [6.45, 7) is 0.435. The molecule has 14 heavy (non-hydrogen) atoms. The minimum atomic E-state index is -2.93. The second kappa shape index (κ2) is 3.60. The topological polar surface area (TPSA) is 73.0 Å². The van der Waals surface area contributed by atoms with Gasteiger partial charge in [-0.05, 0) is 12.8 Å². The first-order valence-electron chi connectivity index (χ1n) is 4.50. The van der Waals surface area contributed by atoms with E-state index in [1.807, 2.05) is 0 Å². The molecule has 1 fully saturated rings. The lowest BCUT2D eigenvalue weighted by molar-refractivity contribution is 0.592. The predicted octanol–water partition coefficient (Wildman–Crippen LogP) is 0.851. The lowest BCUT2D eigenvalue weighted by Crippen LogP contribution is -2.07. The van der Waals surface area contributed by atoms with Crippen LogP contribution in [0.2, 0.25) is 0 Å². The molecule has 6 heteroatoms. The van der Waals surface area contributed by atoms with Crippen LogP contribution in [0.4, 0.5) is 0 Å². The van der Waals surface area contributed by atoms with E-state index in [0.29, 0.717) is 23.7 Å². The van der Waals surface area contributed by atoms with Gasteiger partial charge in [-0.2, -0.15) is 0 Å². The number of sulfone groups is 1. The van der Waals surface area contributed by atoms with Crippen molar-refractivity contribution in [2.75, 3.05) is 5.75 Å². The number of nitrogens with two attached hydrogens (primary N) is 1. The Hall–Kier alpha value is -0.460. The smallest absolute Gasteiger partial charge is 0.159 e. The minimum Gasteiger partial charge on any atom is -0.326 e. The van der Waals surface area contributed by atoms with Gasteiger partial charge in [-0.15, -0.1) is 11.3 Å². The van der Waals surface area contributed by atoms with Gasteiger partial charge in [0.25, 0.3) is 0 Å². The van der Waals surface area contributed by atoms with Crippen molar-refractivity contribution in [2.24, 2.45) is 5.73 Å². The molecule has 1 aliphatic heterocycles. The fourth-order valence-electron chi connectivity index (χ4n) is 1.63. The highest BCUT2D eigenvalue weighted by Crippen LogP contribution is 2.36. The van der Waals surface area contributed by atoms with Crippen LogP contribution in [-0.2, 0) is 16.4 Å². The van der Waals surface area contributed by atoms with Crippen molar-refractivity contribution in [2.45, 2.75) is 24.6 Å². The molecule has 0 radical (unpaired) electrons. The summed E-state index contributed by atoms with van der Waals surface area (Å²) in [5.41, 5.74) is 5.45. The van der Waals surface area contributed by atoms with Gasteiger partial charge in [-0.1, -0.05) is 0 Å². The summed E-state index contributed by atoms with van der Waals surface area (Å²) >= 11 is 1.42. The van der Waals surface area contributed by atoms with Gasteiger partial charge in [0, 0.05) is 17.6 Å². The normalized spacial score (nSPS) is 25.4. The van der Waals surface area contributed by atoms with Crippen LogP contribution >= 0.6 is 11.3 Å². The molecule has 1 saturated heterocycles. The maximum absolute atomic E-state index is 11.6. The van der Waals surface area contributed by atoms with Crippen molar-refractivity contribution < 1.29 is 8.42 Å². The van der Waals surface area contributed by atoms with Crippen molar-refractivity contribution >= 4 is 21.2 Å². The summed E-state index contributed by atoms with van der Waals surface area (Å²) in [6, 6.07) is 0. The number of hydrogen-bond acceptors (Lipinski definition) is 5. The third-order valence-electron chi connectivity index (χ3n) is 2.38. The predicted molar refractivity (Wildman–Crippen MR) is 55.8 cm³/mol. The number of hydrogen-bond donors (Lipinski definition) is 1. The van der Waals surface area contributed by atoms with Gasteiger partial charge in [-0.3, -0.25) is 0 Å². The van der Waals surface area contributed by atoms with Gasteiger partial charge in [0.05, 0.1) is 5.75 Å². The molecule has 78 valence electrons. The van der Waals surface area contributed by atoms with E-state index in [0.717, 1.165) is 11.3 Å². The van der Waals surface area contributed by atoms with Crippen LogP contribution < -0.4 is 5.73 Å². The lowest BCUT2D eigenvalue weighted by atomic mass is 10.3. The number of nitrogens with zero attached hydrogens (tertiary/aromatic N) is 1. The van der Waals surface area contributed by atoms with E-state index in [9.17, 15) is 8.42 Å². The van der Waals surface area contributed by atoms with Crippen LogP contribution in [0.3, 0.4) is 0 Å². The molecule has 2 N–H and O–H groups in total. The van der Waals surface area contributed by atoms with Crippen LogP contribution in [0.15, 0.2) is 6.20 Å². The summed E-state index contributed by atoms with van der Waals surface area (Å²) in [5.74, 6) is 0.301. The van der Waals surface area contributed by atoms with Crippen LogP contribution in [0, 0.1) is 0 Å². The molecule has 0 spiro atoms. The zero-order valence-electron chi connectivity index (χ0n) is 7.64. The molecule has 1 unspecified atom stereocenters. The van der Waals surface area contributed by atoms with E-state index < -0.39 is 9.84 Å². The van der Waals surface area contributed by atoms with E-state index in [-0.39, 0.29) is 5.25 Å². The van der Waals surface area contributed by atoms with Gasteiger partial charge in [-0.25, -0.2) is 13.4 Å². The van der Waals surface area contributed by atoms with Gasteiger partial charge < -0.3 is 5.73 Å². The fourth-order valence-corrected chi connectivity index (χ4v) is 4.78. The number of rotatable bonds is 2. The minimum absolute atomic E-state index is 0.301. The lowest BCUT2D eigenvalue weighted by Gasteiger charge is -2.03. The number of aromatic nitrogens is 1. The highest BCUT2D eigenvalue weighted by Gasteiger charge is 2.34. The Morgan fingerprint density at radius 1 is 1.64 bits per heavy atom. The van der Waals surface area contributed by atoms with Crippen molar-refractivity contribution in [3.63, 3.8) is 0 Å². The van der Waals surface area contributed by atoms with Crippen LogP contribution in [0.1, 0.15) is 28.0 Å². The van der Waals surface area contributed by atoms with Crippen LogP contribution in [-0.4, -0.2) is 19.2 Å². The van der Waals surface area contributed by atoms with Crippen molar-refractivity contribution in [3.05, 3.63) is 16.1 Å². The molecule has 2 rings (SSSR count). The standard InChI is InChI=1S/C8H12N2O2S2/c9-4-6-5-10-8(13-6)7-2-1-3-14(7,11)12/h5,7H,1-4,9H2. The molecule has 0 aromatic carbocycles. The molecular formula is C8H12N2O2S2. The highest BCUT2D eigenvalue weighted by atomic mass is 32.2. The first-order valence-corrected chi connectivity index (χ1v) is 7.03. The van der Waals surface area contributed by atoms with Crippen molar-refractivity contribution in [1.29, 1.82) is 0 Å². The van der Waals surface area contributed by atoms with E-state index in [4.69, 9.17) is 5.73 Å². The Kier molecular flexibility index (Phi) is 2.59. The maximum Gasteiger partial charge on any atom is 0.159 e. The summed E-state index contributed by atoms with van der Waals surface area (Å²) in [7, 11) is -2.93. The van der Waals surface area contributed by atoms with Crippen LogP contribution in [0.5, 0.6) is 0 Å². The zero-order chi connectivity index (χ0) is 10.2. The average molecular weight is 232 g/mol. The third kappa shape index (κ3) is 1.69. The van der Waals surface area contributed by atoms with Gasteiger partial charge in [0.2, 0.25) is 0 Å². The molecule has 1 atom stereocenters. The first kappa shape index (κ1) is 10.1. The van der Waals surface area contributed by atoms with E-state index in [1.165, 1.54) is 11.3 Å². The second-order valence-corrected chi connectivity index (χ2v) is 6.82. The van der Waals surface area contributed by atoms with Gasteiger partial charge in [0.1, 0.15) is 10.3 Å². The Morgan fingerprint density at radius 2 is 2.43 bits per heavy atom. The summed E-state index contributed by atoms with van der Waals surface area (Å²) in [4.78, 5) is 5.07. The SMILES string of the molecule is NCc1cnc(C2CCCS2(=O)=O)s1. The Balaban J connectivity index is 2.31. The second-order valence-electron chi connectivity index (χ2n) is 3.37. The molecule has 1 aromatic heterocycles. The number of thiazole rings is 1. The fraction of sp³-hybridized carbons (Fsp3) is 0.625. The van der Waals surface area contributed by atoms with Gasteiger partial charge >= 0.3 is 0 Å². The Bertz CT molecular complexity index is 424. The molecule has 4 nitrogen and oxygen atoms in total. The van der Waals surface area contributed by atoms with Crippen LogP contribution in [0.25, 0.3) is 0 Å². The third-order valence-corrected chi connectivity index (χ3v) is 5.84. The monoisotopic (exact) mass is 232 g/mol. The van der Waals surface area contributed by atoms with Crippen molar-refractivity contribution in [3.8, 4) is 0 Å². The molecule has 0 saturated carbocycles. The molecule has 1 aliphatic rings. The van der Waals surface area contributed by atoms with E-state index in [1.54, 1.807) is 6.20 Å². The molecule has 0 amide bonds. The Morgan fingerprint density at radius 3 is 2.93 bits per heavy atom. The zero-order valence-corrected chi connectivity index (χ0v) is 9.27. The van der Waals surface area contributed by atoms with Gasteiger partial charge in [0.15, 0.2) is 9.84 Å². The average Bonchev–Trinajstić information content (AvgIpc) is 2.70. The molecule has 2 heterocycles. The quantitative estimate of drug-likeness (QED) is 0.820.